The summed E-state index contributed by atoms with van der Waals surface area (Å²) in [6, 6.07) is 5.83. The van der Waals surface area contributed by atoms with Crippen LogP contribution in [0.1, 0.15) is 51.6 Å². The number of carbonyl (C=O) groups is 1. The second-order valence-electron chi connectivity index (χ2n) is 9.21. The first-order valence-corrected chi connectivity index (χ1v) is 9.94. The molecule has 0 radical (unpaired) electrons. The van der Waals surface area contributed by atoms with Crippen LogP contribution in [-0.4, -0.2) is 48.0 Å². The van der Waals surface area contributed by atoms with Gasteiger partial charge < -0.3 is 15.3 Å². The predicted molar refractivity (Wildman–Crippen MR) is 109 cm³/mol. The van der Waals surface area contributed by atoms with Crippen molar-refractivity contribution in [3.63, 3.8) is 0 Å². The van der Waals surface area contributed by atoms with Crippen molar-refractivity contribution in [2.75, 3.05) is 16.8 Å². The number of hydrogen-bond donors (Lipinski definition) is 3. The summed E-state index contributed by atoms with van der Waals surface area (Å²) in [4.78, 5) is 18.7. The summed E-state index contributed by atoms with van der Waals surface area (Å²) in [5.74, 6) is 1.41. The average molecular weight is 395 g/mol. The maximum absolute atomic E-state index is 12.1. The van der Waals surface area contributed by atoms with E-state index in [9.17, 15) is 9.90 Å². The number of carboxylic acid groups (broad SMARTS) is 1. The number of carboxylic acids is 1. The van der Waals surface area contributed by atoms with Crippen molar-refractivity contribution in [2.24, 2.45) is 5.41 Å². The normalized spacial score (nSPS) is 23.6. The van der Waals surface area contributed by atoms with Gasteiger partial charge >= 0.3 is 5.97 Å². The molecule has 1 aliphatic carbocycles. The average Bonchev–Trinajstić information content (AvgIpc) is 3.09. The molecule has 5 rings (SSSR count). The molecule has 1 aliphatic heterocycles. The summed E-state index contributed by atoms with van der Waals surface area (Å²) in [5, 5.41) is 25.3. The van der Waals surface area contributed by atoms with E-state index < -0.39 is 11.5 Å². The molecule has 3 aromatic rings. The molecule has 3 N–H and O–H groups in total. The van der Waals surface area contributed by atoms with Crippen LogP contribution in [0.5, 0.6) is 0 Å². The first kappa shape index (κ1) is 18.0. The fraction of sp³-hybridized carbons (Fsp3) is 0.500. The van der Waals surface area contributed by atoms with Gasteiger partial charge in [-0.15, -0.1) is 5.10 Å². The Labute approximate surface area is 168 Å². The van der Waals surface area contributed by atoms with Gasteiger partial charge in [-0.1, -0.05) is 13.8 Å². The van der Waals surface area contributed by atoms with Gasteiger partial charge in [0.15, 0.2) is 11.6 Å². The first-order valence-electron chi connectivity index (χ1n) is 9.94. The largest absolute Gasteiger partial charge is 0.480 e. The van der Waals surface area contributed by atoms with Crippen molar-refractivity contribution < 1.29 is 9.90 Å². The van der Waals surface area contributed by atoms with Gasteiger partial charge in [0.05, 0.1) is 0 Å². The Morgan fingerprint density at radius 1 is 1.34 bits per heavy atom. The highest BCUT2D eigenvalue weighted by atomic mass is 16.4. The molecule has 29 heavy (non-hydrogen) atoms. The maximum Gasteiger partial charge on any atom is 0.329 e. The summed E-state index contributed by atoms with van der Waals surface area (Å²) in [5.41, 5.74) is 0.720. The van der Waals surface area contributed by atoms with Gasteiger partial charge in [0.1, 0.15) is 11.1 Å². The van der Waals surface area contributed by atoms with E-state index >= 15 is 0 Å². The van der Waals surface area contributed by atoms with Gasteiger partial charge in [0.2, 0.25) is 5.95 Å². The zero-order chi connectivity index (χ0) is 20.4. The van der Waals surface area contributed by atoms with Gasteiger partial charge in [0.25, 0.3) is 0 Å². The highest BCUT2D eigenvalue weighted by Crippen LogP contribution is 2.43. The number of aromatic amines is 1. The van der Waals surface area contributed by atoms with E-state index in [1.165, 1.54) is 12.8 Å². The highest BCUT2D eigenvalue weighted by Gasteiger charge is 2.52. The van der Waals surface area contributed by atoms with E-state index in [-0.39, 0.29) is 5.41 Å². The standard InChI is InChI=1S/C20H25N7O2/c1-19(2)10-20(3,17(28)29)26(11-19)18-22-16(14-5-4-8-27(14)25-18)21-15-9-13(23-24-15)12-6-7-12/h4-5,8-9,12H,6-7,10-11H2,1-3H3,(H,28,29)(H2,21,22,23,24,25). The smallest absolute Gasteiger partial charge is 0.329 e. The van der Waals surface area contributed by atoms with Gasteiger partial charge in [-0.25, -0.2) is 9.31 Å². The van der Waals surface area contributed by atoms with Crippen LogP contribution in [0.25, 0.3) is 5.52 Å². The Morgan fingerprint density at radius 2 is 2.14 bits per heavy atom. The van der Waals surface area contributed by atoms with Crippen LogP contribution in [0.3, 0.4) is 0 Å². The molecule has 2 aliphatic rings. The van der Waals surface area contributed by atoms with Crippen molar-refractivity contribution in [1.29, 1.82) is 0 Å². The second-order valence-corrected chi connectivity index (χ2v) is 9.21. The minimum atomic E-state index is -1.06. The van der Waals surface area contributed by atoms with Crippen molar-refractivity contribution in [3.05, 3.63) is 30.1 Å². The molecule has 3 aromatic heterocycles. The number of nitrogens with zero attached hydrogens (tertiary/aromatic N) is 5. The summed E-state index contributed by atoms with van der Waals surface area (Å²) in [6.07, 6.45) is 4.75. The van der Waals surface area contributed by atoms with Gasteiger partial charge in [-0.2, -0.15) is 10.1 Å². The fourth-order valence-electron chi connectivity index (χ4n) is 4.42. The lowest BCUT2D eigenvalue weighted by molar-refractivity contribution is -0.142. The second kappa shape index (κ2) is 5.95. The van der Waals surface area contributed by atoms with E-state index in [1.54, 1.807) is 16.3 Å². The van der Waals surface area contributed by atoms with Gasteiger partial charge in [-0.05, 0) is 43.7 Å². The third-order valence-corrected chi connectivity index (χ3v) is 5.95. The molecular formula is C20H25N7O2. The molecule has 9 nitrogen and oxygen atoms in total. The lowest BCUT2D eigenvalue weighted by Crippen LogP contribution is -2.49. The van der Waals surface area contributed by atoms with Crippen LogP contribution in [0.15, 0.2) is 24.4 Å². The molecule has 0 bridgehead atoms. The number of rotatable bonds is 5. The Kier molecular flexibility index (Phi) is 3.68. The lowest BCUT2D eigenvalue weighted by Gasteiger charge is -2.31. The molecule has 1 saturated heterocycles. The number of fused-ring (bicyclic) bond motifs is 1. The van der Waals surface area contributed by atoms with Crippen LogP contribution in [0.4, 0.5) is 17.6 Å². The first-order chi connectivity index (χ1) is 13.7. The van der Waals surface area contributed by atoms with E-state index in [0.29, 0.717) is 36.5 Å². The molecule has 0 spiro atoms. The topological polar surface area (TPSA) is 111 Å². The van der Waals surface area contributed by atoms with E-state index in [4.69, 9.17) is 4.98 Å². The Hall–Kier alpha value is -3.10. The Bertz CT molecular complexity index is 1100. The number of anilines is 3. The zero-order valence-corrected chi connectivity index (χ0v) is 16.8. The van der Waals surface area contributed by atoms with E-state index in [1.807, 2.05) is 24.4 Å². The predicted octanol–water partition coefficient (Wildman–Crippen LogP) is 3.15. The monoisotopic (exact) mass is 395 g/mol. The highest BCUT2D eigenvalue weighted by molar-refractivity contribution is 5.84. The summed E-state index contributed by atoms with van der Waals surface area (Å²) in [6.45, 7) is 6.46. The quantitative estimate of drug-likeness (QED) is 0.608. The maximum atomic E-state index is 12.1. The summed E-state index contributed by atoms with van der Waals surface area (Å²) >= 11 is 0. The minimum Gasteiger partial charge on any atom is -0.480 e. The number of aliphatic carboxylic acids is 1. The number of hydrogen-bond acceptors (Lipinski definition) is 6. The lowest BCUT2D eigenvalue weighted by atomic mass is 9.85. The van der Waals surface area contributed by atoms with Gasteiger partial charge in [-0.3, -0.25) is 5.10 Å². The molecule has 9 heteroatoms. The summed E-state index contributed by atoms with van der Waals surface area (Å²) < 4.78 is 1.73. The third kappa shape index (κ3) is 3.01. The molecule has 1 atom stereocenters. The van der Waals surface area contributed by atoms with Gasteiger partial charge in [0, 0.05) is 30.4 Å². The van der Waals surface area contributed by atoms with Crippen LogP contribution >= 0.6 is 0 Å². The van der Waals surface area contributed by atoms with Crippen LogP contribution in [-0.2, 0) is 4.79 Å². The van der Waals surface area contributed by atoms with E-state index in [2.05, 4.69) is 34.5 Å². The number of aromatic nitrogens is 5. The number of nitrogens with one attached hydrogen (secondary N) is 2. The van der Waals surface area contributed by atoms with Crippen molar-refractivity contribution >= 4 is 29.1 Å². The van der Waals surface area contributed by atoms with Crippen LogP contribution < -0.4 is 10.2 Å². The van der Waals surface area contributed by atoms with Crippen molar-refractivity contribution in [1.82, 2.24) is 24.8 Å². The van der Waals surface area contributed by atoms with Crippen molar-refractivity contribution in [2.45, 2.75) is 51.5 Å². The molecular weight excluding hydrogens is 370 g/mol. The molecule has 0 amide bonds. The zero-order valence-electron chi connectivity index (χ0n) is 16.8. The molecule has 4 heterocycles. The fourth-order valence-corrected chi connectivity index (χ4v) is 4.42. The molecule has 152 valence electrons. The third-order valence-electron chi connectivity index (χ3n) is 5.95. The van der Waals surface area contributed by atoms with Crippen molar-refractivity contribution in [3.8, 4) is 0 Å². The van der Waals surface area contributed by atoms with E-state index in [0.717, 1.165) is 11.2 Å². The Morgan fingerprint density at radius 3 is 2.86 bits per heavy atom. The Balaban J connectivity index is 1.55. The minimum absolute atomic E-state index is 0.156. The molecule has 1 saturated carbocycles. The van der Waals surface area contributed by atoms with Crippen LogP contribution in [0, 0.1) is 5.41 Å². The molecule has 0 aromatic carbocycles. The molecule has 2 fully saturated rings. The summed E-state index contributed by atoms with van der Waals surface area (Å²) in [7, 11) is 0. The SMILES string of the molecule is CC1(C)CN(c2nc(Nc3cc(C4CC4)[nH]n3)c3cccn3n2)C(C)(C(=O)O)C1. The molecule has 1 unspecified atom stereocenters. The number of H-pyrrole nitrogens is 1. The van der Waals surface area contributed by atoms with Crippen LogP contribution in [0.2, 0.25) is 0 Å².